The molecule has 150 valence electrons. The molecule has 0 aromatic rings. The number of ether oxygens (including phenoxy) is 1. The molecule has 0 spiro atoms. The average Bonchev–Trinajstić information content (AvgIpc) is 3.20. The Morgan fingerprint density at radius 2 is 2.22 bits per heavy atom. The lowest BCUT2D eigenvalue weighted by atomic mass is 10.0. The number of carbonyl (C=O) groups is 1. The third kappa shape index (κ3) is 5.21. The zero-order valence-electron chi connectivity index (χ0n) is 17.0. The Kier molecular flexibility index (Phi) is 6.02. The van der Waals surface area contributed by atoms with Gasteiger partial charge >= 0.3 is 6.03 Å². The van der Waals surface area contributed by atoms with E-state index in [0.717, 1.165) is 30.7 Å². The molecule has 2 fully saturated rings. The quantitative estimate of drug-likeness (QED) is 0.491. The number of hydrogen-bond donors (Lipinski definition) is 3. The molecule has 1 saturated carbocycles. The van der Waals surface area contributed by atoms with Crippen molar-refractivity contribution in [2.75, 3.05) is 6.54 Å². The maximum atomic E-state index is 12.4. The van der Waals surface area contributed by atoms with E-state index in [0.29, 0.717) is 6.04 Å². The fourth-order valence-corrected chi connectivity index (χ4v) is 3.46. The molecule has 6 heteroatoms. The summed E-state index contributed by atoms with van der Waals surface area (Å²) in [5, 5.41) is 9.52. The highest BCUT2D eigenvalue weighted by Gasteiger charge is 2.44. The highest BCUT2D eigenvalue weighted by atomic mass is 16.5. The number of rotatable bonds is 6. The van der Waals surface area contributed by atoms with Crippen molar-refractivity contribution in [3.63, 3.8) is 0 Å². The van der Waals surface area contributed by atoms with Crippen molar-refractivity contribution in [3.8, 4) is 0 Å². The molecule has 3 atom stereocenters. The Morgan fingerprint density at radius 3 is 2.93 bits per heavy atom. The molecule has 3 unspecified atom stereocenters. The van der Waals surface area contributed by atoms with Gasteiger partial charge in [-0.3, -0.25) is 0 Å². The molecule has 3 aliphatic rings. The summed E-state index contributed by atoms with van der Waals surface area (Å²) in [6, 6.07) is 0.334. The number of carbonyl (C=O) groups excluding carboxylic acids is 1. The molecule has 2 aliphatic heterocycles. The lowest BCUT2D eigenvalue weighted by Gasteiger charge is -2.34. The number of amides is 2. The molecule has 0 aromatic carbocycles. The van der Waals surface area contributed by atoms with Gasteiger partial charge in [0.1, 0.15) is 5.76 Å². The van der Waals surface area contributed by atoms with Gasteiger partial charge in [-0.2, -0.15) is 0 Å². The van der Waals surface area contributed by atoms with Crippen LogP contribution in [0.3, 0.4) is 0 Å². The molecule has 0 aromatic heterocycles. The highest BCUT2D eigenvalue weighted by molar-refractivity contribution is 5.74. The maximum Gasteiger partial charge on any atom is 0.319 e. The first kappa shape index (κ1) is 19.6. The van der Waals surface area contributed by atoms with Gasteiger partial charge < -0.3 is 25.6 Å². The molecule has 27 heavy (non-hydrogen) atoms. The smallest absolute Gasteiger partial charge is 0.319 e. The SMILES string of the molecule is CC(/C=C/C1NC=C(C2(C)CC2)O1)=C\NC(C)NC(=O)N1CCCCC1C. The van der Waals surface area contributed by atoms with Crippen LogP contribution in [-0.2, 0) is 4.74 Å². The molecule has 2 heterocycles. The van der Waals surface area contributed by atoms with Crippen molar-refractivity contribution >= 4 is 6.03 Å². The van der Waals surface area contributed by atoms with Gasteiger partial charge in [0.2, 0.25) is 0 Å². The van der Waals surface area contributed by atoms with Crippen LogP contribution in [0.4, 0.5) is 4.79 Å². The van der Waals surface area contributed by atoms with Crippen molar-refractivity contribution in [3.05, 3.63) is 35.9 Å². The summed E-state index contributed by atoms with van der Waals surface area (Å²) in [5.74, 6) is 1.07. The highest BCUT2D eigenvalue weighted by Crippen LogP contribution is 2.52. The summed E-state index contributed by atoms with van der Waals surface area (Å²) in [6.45, 7) is 9.18. The van der Waals surface area contributed by atoms with Crippen LogP contribution in [0.15, 0.2) is 35.9 Å². The number of nitrogens with one attached hydrogen (secondary N) is 3. The molecule has 3 N–H and O–H groups in total. The van der Waals surface area contributed by atoms with Gasteiger partial charge in [0.05, 0.1) is 6.17 Å². The summed E-state index contributed by atoms with van der Waals surface area (Å²) in [4.78, 5) is 14.3. The number of piperidine rings is 1. The molecule has 0 bridgehead atoms. The number of hydrogen-bond acceptors (Lipinski definition) is 4. The fourth-order valence-electron chi connectivity index (χ4n) is 3.46. The first-order valence-corrected chi connectivity index (χ1v) is 10.2. The topological polar surface area (TPSA) is 65.6 Å². The van der Waals surface area contributed by atoms with Crippen LogP contribution in [0.5, 0.6) is 0 Å². The van der Waals surface area contributed by atoms with Gasteiger partial charge in [-0.25, -0.2) is 4.79 Å². The predicted octanol–water partition coefficient (Wildman–Crippen LogP) is 3.55. The number of likely N-dealkylation sites (tertiary alicyclic amines) is 1. The fraction of sp³-hybridized carbons (Fsp3) is 0.667. The van der Waals surface area contributed by atoms with Crippen LogP contribution in [0, 0.1) is 5.41 Å². The molecular formula is C21H34N4O2. The standard InChI is InChI=1S/C21H34N4O2/c1-15(8-9-19-23-14-18(27-19)21(4)10-11-21)13-22-17(3)24-20(26)25-12-6-5-7-16(25)2/h8-9,13-14,16-17,19,22-23H,5-7,10-12H2,1-4H3,(H,24,26)/b9-8+,15-13+. The van der Waals surface area contributed by atoms with Gasteiger partial charge in [0.15, 0.2) is 6.23 Å². The third-order valence-electron chi connectivity index (χ3n) is 5.73. The van der Waals surface area contributed by atoms with Crippen LogP contribution in [0.25, 0.3) is 0 Å². The lowest BCUT2D eigenvalue weighted by molar-refractivity contribution is 0.140. The predicted molar refractivity (Wildman–Crippen MR) is 107 cm³/mol. The summed E-state index contributed by atoms with van der Waals surface area (Å²) >= 11 is 0. The first-order valence-electron chi connectivity index (χ1n) is 10.2. The van der Waals surface area contributed by atoms with Crippen molar-refractivity contribution in [1.82, 2.24) is 20.9 Å². The third-order valence-corrected chi connectivity index (χ3v) is 5.73. The Morgan fingerprint density at radius 1 is 1.44 bits per heavy atom. The van der Waals surface area contributed by atoms with Crippen molar-refractivity contribution in [2.45, 2.75) is 78.2 Å². The molecule has 6 nitrogen and oxygen atoms in total. The first-order chi connectivity index (χ1) is 12.9. The largest absolute Gasteiger partial charge is 0.469 e. The summed E-state index contributed by atoms with van der Waals surface area (Å²) in [5.41, 5.74) is 1.32. The van der Waals surface area contributed by atoms with Crippen LogP contribution >= 0.6 is 0 Å². The summed E-state index contributed by atoms with van der Waals surface area (Å²) in [6.07, 6.45) is 13.5. The van der Waals surface area contributed by atoms with Crippen LogP contribution in [0.2, 0.25) is 0 Å². The van der Waals surface area contributed by atoms with E-state index in [9.17, 15) is 4.79 Å². The van der Waals surface area contributed by atoms with E-state index in [1.54, 1.807) is 0 Å². The minimum absolute atomic E-state index is 0.0134. The van der Waals surface area contributed by atoms with Gasteiger partial charge in [0, 0.05) is 30.4 Å². The maximum absolute atomic E-state index is 12.4. The van der Waals surface area contributed by atoms with E-state index in [1.165, 1.54) is 19.3 Å². The molecule has 1 saturated heterocycles. The number of urea groups is 1. The summed E-state index contributed by atoms with van der Waals surface area (Å²) < 4.78 is 5.95. The van der Waals surface area contributed by atoms with Crippen LogP contribution in [-0.4, -0.2) is 35.9 Å². The Hall–Kier alpha value is -2.11. The van der Waals surface area contributed by atoms with Crippen molar-refractivity contribution < 1.29 is 9.53 Å². The minimum atomic E-state index is -0.126. The van der Waals surface area contributed by atoms with E-state index in [2.05, 4.69) is 29.8 Å². The number of allylic oxidation sites excluding steroid dienone is 3. The summed E-state index contributed by atoms with van der Waals surface area (Å²) in [7, 11) is 0. The lowest BCUT2D eigenvalue weighted by Crippen LogP contribution is -2.52. The molecule has 1 aliphatic carbocycles. The molecular weight excluding hydrogens is 340 g/mol. The van der Waals surface area contributed by atoms with E-state index in [1.807, 2.05) is 43.3 Å². The molecule has 3 rings (SSSR count). The van der Waals surface area contributed by atoms with E-state index < -0.39 is 0 Å². The number of nitrogens with zero attached hydrogens (tertiary/aromatic N) is 1. The minimum Gasteiger partial charge on any atom is -0.469 e. The Bertz CT molecular complexity index is 636. The second-order valence-electron chi connectivity index (χ2n) is 8.40. The van der Waals surface area contributed by atoms with Gasteiger partial charge in [-0.05, 0) is 64.5 Å². The second-order valence-corrected chi connectivity index (χ2v) is 8.40. The van der Waals surface area contributed by atoms with Crippen LogP contribution < -0.4 is 16.0 Å². The second kappa shape index (κ2) is 8.28. The van der Waals surface area contributed by atoms with E-state index >= 15 is 0 Å². The van der Waals surface area contributed by atoms with E-state index in [4.69, 9.17) is 4.74 Å². The average molecular weight is 375 g/mol. The zero-order chi connectivity index (χ0) is 19.4. The van der Waals surface area contributed by atoms with Crippen molar-refractivity contribution in [2.24, 2.45) is 5.41 Å². The molecule has 2 amide bonds. The van der Waals surface area contributed by atoms with Crippen molar-refractivity contribution in [1.29, 1.82) is 0 Å². The monoisotopic (exact) mass is 374 g/mol. The zero-order valence-corrected chi connectivity index (χ0v) is 17.0. The Balaban J connectivity index is 1.40. The Labute approximate surface area is 163 Å². The van der Waals surface area contributed by atoms with Gasteiger partial charge in [0.25, 0.3) is 0 Å². The van der Waals surface area contributed by atoms with Crippen LogP contribution in [0.1, 0.15) is 59.8 Å². The van der Waals surface area contributed by atoms with E-state index in [-0.39, 0.29) is 23.8 Å². The van der Waals surface area contributed by atoms with Gasteiger partial charge in [-0.15, -0.1) is 0 Å². The molecule has 0 radical (unpaired) electrons. The normalized spacial score (nSPS) is 28.2. The van der Waals surface area contributed by atoms with Gasteiger partial charge in [-0.1, -0.05) is 13.0 Å².